The lowest BCUT2D eigenvalue weighted by Gasteiger charge is -2.24. The second-order valence-corrected chi connectivity index (χ2v) is 6.90. The third kappa shape index (κ3) is 3.43. The second kappa shape index (κ2) is 7.43. The molecule has 4 rings (SSSR count). The summed E-state index contributed by atoms with van der Waals surface area (Å²) in [5.41, 5.74) is 2.36. The summed E-state index contributed by atoms with van der Waals surface area (Å²) in [7, 11) is 1.66. The molecular weight excluding hydrogens is 344 g/mol. The molecule has 5 nitrogen and oxygen atoms in total. The van der Waals surface area contributed by atoms with Gasteiger partial charge in [-0.15, -0.1) is 0 Å². The van der Waals surface area contributed by atoms with Crippen LogP contribution in [0.5, 0.6) is 5.75 Å². The normalized spacial score (nSPS) is 17.5. The molecule has 1 aliphatic heterocycles. The summed E-state index contributed by atoms with van der Waals surface area (Å²) in [5, 5.41) is 3.35. The average molecular weight is 366 g/mol. The Morgan fingerprint density at radius 2 is 1.92 bits per heavy atom. The minimum Gasteiger partial charge on any atom is -0.497 e. The number of hydrogen-bond donors (Lipinski definition) is 1. The van der Waals surface area contributed by atoms with Gasteiger partial charge in [-0.25, -0.2) is 4.68 Å². The second-order valence-electron chi connectivity index (χ2n) is 6.53. The van der Waals surface area contributed by atoms with Gasteiger partial charge >= 0.3 is 0 Å². The van der Waals surface area contributed by atoms with E-state index in [2.05, 4.69) is 45.3 Å². The molecule has 0 radical (unpaired) electrons. The van der Waals surface area contributed by atoms with Gasteiger partial charge in [-0.05, 0) is 54.9 Å². The number of aromatic amines is 1. The highest BCUT2D eigenvalue weighted by Gasteiger charge is 2.26. The monoisotopic (exact) mass is 366 g/mol. The van der Waals surface area contributed by atoms with Gasteiger partial charge in [0, 0.05) is 18.2 Å². The SMILES string of the molecule is COc1ccc(-c2nc(=S)n(CN3CCCC3c3ccccc3)[nH]2)cc1. The number of nitrogens with zero attached hydrogens (tertiary/aromatic N) is 3. The van der Waals surface area contributed by atoms with Crippen LogP contribution in [0.15, 0.2) is 54.6 Å². The van der Waals surface area contributed by atoms with Crippen LogP contribution in [0.25, 0.3) is 11.4 Å². The van der Waals surface area contributed by atoms with Crippen molar-refractivity contribution in [2.45, 2.75) is 25.6 Å². The maximum absolute atomic E-state index is 5.48. The zero-order chi connectivity index (χ0) is 17.9. The summed E-state index contributed by atoms with van der Waals surface area (Å²) in [6.07, 6.45) is 2.38. The van der Waals surface area contributed by atoms with Crippen molar-refractivity contribution in [3.63, 3.8) is 0 Å². The molecular formula is C20H22N4OS. The fourth-order valence-electron chi connectivity index (χ4n) is 3.56. The molecule has 0 spiro atoms. The Balaban J connectivity index is 1.55. The van der Waals surface area contributed by atoms with Gasteiger partial charge in [0.1, 0.15) is 5.75 Å². The number of likely N-dealkylation sites (tertiary alicyclic amines) is 1. The first kappa shape index (κ1) is 17.0. The van der Waals surface area contributed by atoms with Crippen LogP contribution in [-0.2, 0) is 6.67 Å². The Labute approximate surface area is 158 Å². The molecule has 0 bridgehead atoms. The van der Waals surface area contributed by atoms with E-state index in [1.165, 1.54) is 18.4 Å². The molecule has 1 aromatic heterocycles. The van der Waals surface area contributed by atoms with Crippen molar-refractivity contribution in [3.8, 4) is 17.1 Å². The molecule has 1 atom stereocenters. The van der Waals surface area contributed by atoms with E-state index in [0.717, 1.165) is 30.4 Å². The van der Waals surface area contributed by atoms with E-state index in [0.29, 0.717) is 10.8 Å². The van der Waals surface area contributed by atoms with Crippen LogP contribution in [0, 0.1) is 4.77 Å². The average Bonchev–Trinajstić information content (AvgIpc) is 3.30. The summed E-state index contributed by atoms with van der Waals surface area (Å²) < 4.78 is 7.75. The van der Waals surface area contributed by atoms with Crippen LogP contribution in [0.2, 0.25) is 0 Å². The van der Waals surface area contributed by atoms with Crippen LogP contribution in [0.4, 0.5) is 0 Å². The molecule has 0 amide bonds. The fourth-order valence-corrected chi connectivity index (χ4v) is 3.75. The predicted molar refractivity (Wildman–Crippen MR) is 105 cm³/mol. The standard InChI is InChI=1S/C20H22N4OS/c1-25-17-11-9-16(10-12-17)19-21-20(26)24(22-19)14-23-13-5-8-18(23)15-6-3-2-4-7-15/h2-4,6-7,9-12,18H,5,8,13-14H2,1H3,(H,21,22,26). The highest BCUT2D eigenvalue weighted by atomic mass is 32.1. The maximum Gasteiger partial charge on any atom is 0.217 e. The number of aromatic nitrogens is 3. The first-order chi connectivity index (χ1) is 12.7. The topological polar surface area (TPSA) is 46.1 Å². The van der Waals surface area contributed by atoms with E-state index in [4.69, 9.17) is 17.0 Å². The van der Waals surface area contributed by atoms with E-state index >= 15 is 0 Å². The van der Waals surface area contributed by atoms with Gasteiger partial charge in [0.15, 0.2) is 5.82 Å². The van der Waals surface area contributed by atoms with Crippen molar-refractivity contribution in [1.29, 1.82) is 0 Å². The van der Waals surface area contributed by atoms with Gasteiger partial charge in [-0.2, -0.15) is 4.98 Å². The first-order valence-corrected chi connectivity index (χ1v) is 9.26. The fraction of sp³-hybridized carbons (Fsp3) is 0.300. The van der Waals surface area contributed by atoms with E-state index in [-0.39, 0.29) is 0 Å². The highest BCUT2D eigenvalue weighted by Crippen LogP contribution is 2.32. The summed E-state index contributed by atoms with van der Waals surface area (Å²) in [5.74, 6) is 1.61. The number of hydrogen-bond acceptors (Lipinski definition) is 4. The molecule has 26 heavy (non-hydrogen) atoms. The molecule has 0 saturated carbocycles. The molecule has 0 aliphatic carbocycles. The van der Waals surface area contributed by atoms with Gasteiger partial charge in [0.25, 0.3) is 0 Å². The van der Waals surface area contributed by atoms with Crippen molar-refractivity contribution in [2.24, 2.45) is 0 Å². The Kier molecular flexibility index (Phi) is 4.86. The lowest BCUT2D eigenvalue weighted by Crippen LogP contribution is -2.26. The number of H-pyrrole nitrogens is 1. The van der Waals surface area contributed by atoms with E-state index < -0.39 is 0 Å². The number of rotatable bonds is 5. The lowest BCUT2D eigenvalue weighted by atomic mass is 10.1. The lowest BCUT2D eigenvalue weighted by molar-refractivity contribution is 0.190. The van der Waals surface area contributed by atoms with E-state index in [1.807, 2.05) is 28.9 Å². The van der Waals surface area contributed by atoms with Crippen LogP contribution < -0.4 is 4.74 Å². The van der Waals surface area contributed by atoms with E-state index in [9.17, 15) is 0 Å². The Bertz CT molecular complexity index is 917. The van der Waals surface area contributed by atoms with Gasteiger partial charge in [0.05, 0.1) is 13.8 Å². The molecule has 2 heterocycles. The van der Waals surface area contributed by atoms with Gasteiger partial charge < -0.3 is 4.74 Å². The number of benzene rings is 2. The Morgan fingerprint density at radius 3 is 2.65 bits per heavy atom. The number of nitrogens with one attached hydrogen (secondary N) is 1. The molecule has 3 aromatic rings. The van der Waals surface area contributed by atoms with Crippen molar-refractivity contribution >= 4 is 12.2 Å². The number of ether oxygens (including phenoxy) is 1. The summed E-state index contributed by atoms with van der Waals surface area (Å²) in [4.78, 5) is 6.99. The van der Waals surface area contributed by atoms with Crippen molar-refractivity contribution in [3.05, 3.63) is 64.9 Å². The van der Waals surface area contributed by atoms with Crippen LogP contribution in [0.1, 0.15) is 24.4 Å². The van der Waals surface area contributed by atoms with Gasteiger partial charge in [0.2, 0.25) is 4.77 Å². The first-order valence-electron chi connectivity index (χ1n) is 8.85. The summed E-state index contributed by atoms with van der Waals surface area (Å²) >= 11 is 5.48. The molecule has 2 aromatic carbocycles. The quantitative estimate of drug-likeness (QED) is 0.680. The molecule has 1 fully saturated rings. The number of methoxy groups -OCH3 is 1. The zero-order valence-corrected chi connectivity index (χ0v) is 15.6. The molecule has 1 saturated heterocycles. The van der Waals surface area contributed by atoms with Crippen molar-refractivity contribution in [1.82, 2.24) is 19.7 Å². The largest absolute Gasteiger partial charge is 0.497 e. The van der Waals surface area contributed by atoms with Gasteiger partial charge in [-0.3, -0.25) is 10.00 Å². The van der Waals surface area contributed by atoms with Crippen LogP contribution in [-0.4, -0.2) is 33.3 Å². The Morgan fingerprint density at radius 1 is 1.15 bits per heavy atom. The smallest absolute Gasteiger partial charge is 0.217 e. The minimum absolute atomic E-state index is 0.436. The molecule has 1 aliphatic rings. The van der Waals surface area contributed by atoms with Crippen molar-refractivity contribution < 1.29 is 4.74 Å². The third-order valence-corrected chi connectivity index (χ3v) is 5.23. The highest BCUT2D eigenvalue weighted by molar-refractivity contribution is 7.71. The van der Waals surface area contributed by atoms with Crippen LogP contribution in [0.3, 0.4) is 0 Å². The van der Waals surface area contributed by atoms with Crippen molar-refractivity contribution in [2.75, 3.05) is 13.7 Å². The Hall–Kier alpha value is -2.44. The zero-order valence-electron chi connectivity index (χ0n) is 14.8. The van der Waals surface area contributed by atoms with Gasteiger partial charge in [-0.1, -0.05) is 30.3 Å². The predicted octanol–water partition coefficient (Wildman–Crippen LogP) is 4.41. The van der Waals surface area contributed by atoms with E-state index in [1.54, 1.807) is 7.11 Å². The minimum atomic E-state index is 0.436. The molecule has 1 N–H and O–H groups in total. The molecule has 1 unspecified atom stereocenters. The summed E-state index contributed by atoms with van der Waals surface area (Å²) in [6.45, 7) is 1.79. The maximum atomic E-state index is 5.48. The third-order valence-electron chi connectivity index (χ3n) is 4.91. The summed E-state index contributed by atoms with van der Waals surface area (Å²) in [6, 6.07) is 19.0. The van der Waals surface area contributed by atoms with Crippen LogP contribution >= 0.6 is 12.2 Å². The molecule has 134 valence electrons. The molecule has 6 heteroatoms.